The van der Waals surface area contributed by atoms with Crippen LogP contribution < -0.4 is 11.1 Å². The van der Waals surface area contributed by atoms with E-state index < -0.39 is 0 Å². The lowest BCUT2D eigenvalue weighted by Gasteiger charge is -2.09. The van der Waals surface area contributed by atoms with Crippen LogP contribution in [0.2, 0.25) is 0 Å². The summed E-state index contributed by atoms with van der Waals surface area (Å²) < 4.78 is 0. The fourth-order valence-electron chi connectivity index (χ4n) is 1.56. The molecule has 1 aromatic carbocycles. The predicted octanol–water partition coefficient (Wildman–Crippen LogP) is 1.24. The van der Waals surface area contributed by atoms with Crippen LogP contribution in [-0.2, 0) is 0 Å². The Morgan fingerprint density at radius 2 is 2.25 bits per heavy atom. The number of benzene rings is 1. The molecule has 0 aliphatic carbocycles. The summed E-state index contributed by atoms with van der Waals surface area (Å²) in [7, 11) is 0. The molecule has 0 saturated heterocycles. The van der Waals surface area contributed by atoms with Crippen molar-refractivity contribution in [2.75, 3.05) is 6.54 Å². The Bertz CT molecular complexity index is 471. The maximum atomic E-state index is 11.8. The second-order valence-corrected chi connectivity index (χ2v) is 3.88. The van der Waals surface area contributed by atoms with Crippen LogP contribution in [0.1, 0.15) is 17.4 Å². The molecule has 0 radical (unpaired) electrons. The Balaban J connectivity index is 2.23. The van der Waals surface area contributed by atoms with E-state index in [0.717, 1.165) is 10.9 Å². The molecule has 1 atom stereocenters. The van der Waals surface area contributed by atoms with Crippen molar-refractivity contribution < 1.29 is 4.79 Å². The number of fused-ring (bicyclic) bond motifs is 1. The molecular formula is C12H15N3O. The van der Waals surface area contributed by atoms with Crippen molar-refractivity contribution in [2.24, 2.45) is 5.73 Å². The molecule has 0 fully saturated rings. The highest BCUT2D eigenvalue weighted by atomic mass is 16.1. The molecule has 1 unspecified atom stereocenters. The molecule has 0 aliphatic rings. The fourth-order valence-corrected chi connectivity index (χ4v) is 1.56. The smallest absolute Gasteiger partial charge is 0.267 e. The van der Waals surface area contributed by atoms with Crippen LogP contribution in [0, 0.1) is 0 Å². The number of para-hydroxylation sites is 1. The Labute approximate surface area is 93.8 Å². The number of carbonyl (C=O) groups is 1. The number of nitrogens with one attached hydrogen (secondary N) is 2. The molecule has 4 nitrogen and oxygen atoms in total. The van der Waals surface area contributed by atoms with Gasteiger partial charge in [-0.2, -0.15) is 0 Å². The molecule has 2 rings (SSSR count). The molecule has 1 amide bonds. The third kappa shape index (κ3) is 2.06. The van der Waals surface area contributed by atoms with E-state index in [-0.39, 0.29) is 11.9 Å². The largest absolute Gasteiger partial charge is 0.351 e. The quantitative estimate of drug-likeness (QED) is 0.724. The van der Waals surface area contributed by atoms with Gasteiger partial charge in [-0.25, -0.2) is 0 Å². The van der Waals surface area contributed by atoms with Crippen molar-refractivity contribution >= 4 is 16.8 Å². The number of hydrogen-bond acceptors (Lipinski definition) is 2. The van der Waals surface area contributed by atoms with Gasteiger partial charge in [0, 0.05) is 23.5 Å². The number of aromatic amines is 1. The summed E-state index contributed by atoms with van der Waals surface area (Å²) in [6.07, 6.45) is 0. The first-order valence-corrected chi connectivity index (χ1v) is 5.29. The molecule has 4 N–H and O–H groups in total. The molecule has 2 aromatic rings. The van der Waals surface area contributed by atoms with E-state index in [9.17, 15) is 4.79 Å². The van der Waals surface area contributed by atoms with Crippen molar-refractivity contribution in [3.63, 3.8) is 0 Å². The molecule has 1 aromatic heterocycles. The minimum absolute atomic E-state index is 0.0149. The predicted molar refractivity (Wildman–Crippen MR) is 64.3 cm³/mol. The van der Waals surface area contributed by atoms with Crippen LogP contribution in [-0.4, -0.2) is 23.5 Å². The van der Waals surface area contributed by atoms with Crippen LogP contribution in [0.15, 0.2) is 30.3 Å². The van der Waals surface area contributed by atoms with Gasteiger partial charge in [0.2, 0.25) is 0 Å². The molecule has 0 saturated carbocycles. The Hall–Kier alpha value is -1.81. The normalized spacial score (nSPS) is 12.6. The van der Waals surface area contributed by atoms with Gasteiger partial charge in [0.15, 0.2) is 0 Å². The Kier molecular flexibility index (Phi) is 2.92. The summed E-state index contributed by atoms with van der Waals surface area (Å²) in [4.78, 5) is 14.9. The minimum atomic E-state index is -0.117. The second-order valence-electron chi connectivity index (χ2n) is 3.88. The van der Waals surface area contributed by atoms with E-state index >= 15 is 0 Å². The maximum Gasteiger partial charge on any atom is 0.267 e. The van der Waals surface area contributed by atoms with E-state index in [2.05, 4.69) is 10.3 Å². The molecule has 16 heavy (non-hydrogen) atoms. The SMILES string of the molecule is CC(CN)NC(=O)c1cc2ccccc2[nH]1. The lowest BCUT2D eigenvalue weighted by molar-refractivity contribution is 0.0937. The van der Waals surface area contributed by atoms with Crippen LogP contribution in [0.5, 0.6) is 0 Å². The van der Waals surface area contributed by atoms with Gasteiger partial charge in [-0.1, -0.05) is 18.2 Å². The van der Waals surface area contributed by atoms with Gasteiger partial charge >= 0.3 is 0 Å². The lowest BCUT2D eigenvalue weighted by Crippen LogP contribution is -2.37. The first-order valence-electron chi connectivity index (χ1n) is 5.29. The van der Waals surface area contributed by atoms with Crippen LogP contribution >= 0.6 is 0 Å². The third-order valence-corrected chi connectivity index (χ3v) is 2.51. The fraction of sp³-hybridized carbons (Fsp3) is 0.250. The summed E-state index contributed by atoms with van der Waals surface area (Å²) in [6, 6.07) is 9.61. The highest BCUT2D eigenvalue weighted by molar-refractivity contribution is 5.98. The average molecular weight is 217 g/mol. The zero-order valence-corrected chi connectivity index (χ0v) is 9.16. The van der Waals surface area contributed by atoms with Gasteiger partial charge in [0.25, 0.3) is 5.91 Å². The minimum Gasteiger partial charge on any atom is -0.351 e. The number of rotatable bonds is 3. The van der Waals surface area contributed by atoms with Gasteiger partial charge in [-0.3, -0.25) is 4.79 Å². The first-order chi connectivity index (χ1) is 7.70. The third-order valence-electron chi connectivity index (χ3n) is 2.51. The first kappa shape index (κ1) is 10.7. The molecule has 0 bridgehead atoms. The second kappa shape index (κ2) is 4.37. The standard InChI is InChI=1S/C12H15N3O/c1-8(7-13)14-12(16)11-6-9-4-2-3-5-10(9)15-11/h2-6,8,15H,7,13H2,1H3,(H,14,16). The molecule has 84 valence electrons. The number of amides is 1. The molecule has 4 heteroatoms. The Morgan fingerprint density at radius 3 is 2.94 bits per heavy atom. The van der Waals surface area contributed by atoms with Gasteiger partial charge in [-0.05, 0) is 19.1 Å². The van der Waals surface area contributed by atoms with Gasteiger partial charge in [0.05, 0.1) is 0 Å². The Morgan fingerprint density at radius 1 is 1.50 bits per heavy atom. The van der Waals surface area contributed by atoms with Gasteiger partial charge in [0.1, 0.15) is 5.69 Å². The van der Waals surface area contributed by atoms with Crippen molar-refractivity contribution in [3.8, 4) is 0 Å². The van der Waals surface area contributed by atoms with Crippen molar-refractivity contribution in [3.05, 3.63) is 36.0 Å². The zero-order valence-electron chi connectivity index (χ0n) is 9.16. The van der Waals surface area contributed by atoms with E-state index in [1.54, 1.807) is 0 Å². The summed E-state index contributed by atoms with van der Waals surface area (Å²) in [5, 5.41) is 3.85. The van der Waals surface area contributed by atoms with Crippen LogP contribution in [0.25, 0.3) is 10.9 Å². The summed E-state index contributed by atoms with van der Waals surface area (Å²) in [5.41, 5.74) is 6.99. The van der Waals surface area contributed by atoms with Crippen molar-refractivity contribution in [2.45, 2.75) is 13.0 Å². The highest BCUT2D eigenvalue weighted by Gasteiger charge is 2.10. The summed E-state index contributed by atoms with van der Waals surface area (Å²) >= 11 is 0. The number of carbonyl (C=O) groups excluding carboxylic acids is 1. The molecule has 0 spiro atoms. The van der Waals surface area contributed by atoms with Crippen LogP contribution in [0.4, 0.5) is 0 Å². The number of nitrogens with two attached hydrogens (primary N) is 1. The van der Waals surface area contributed by atoms with Crippen molar-refractivity contribution in [1.29, 1.82) is 0 Å². The number of hydrogen-bond donors (Lipinski definition) is 3. The van der Waals surface area contributed by atoms with Crippen LogP contribution in [0.3, 0.4) is 0 Å². The van der Waals surface area contributed by atoms with E-state index in [4.69, 9.17) is 5.73 Å². The molecule has 0 aliphatic heterocycles. The summed E-state index contributed by atoms with van der Waals surface area (Å²) in [6.45, 7) is 2.31. The lowest BCUT2D eigenvalue weighted by atomic mass is 10.2. The van der Waals surface area contributed by atoms with E-state index in [0.29, 0.717) is 12.2 Å². The maximum absolute atomic E-state index is 11.8. The number of aromatic nitrogens is 1. The molecular weight excluding hydrogens is 202 g/mol. The van der Waals surface area contributed by atoms with Crippen molar-refractivity contribution in [1.82, 2.24) is 10.3 Å². The highest BCUT2D eigenvalue weighted by Crippen LogP contribution is 2.14. The van der Waals surface area contributed by atoms with E-state index in [1.807, 2.05) is 37.3 Å². The number of H-pyrrole nitrogens is 1. The monoisotopic (exact) mass is 217 g/mol. The van der Waals surface area contributed by atoms with E-state index in [1.165, 1.54) is 0 Å². The molecule has 1 heterocycles. The van der Waals surface area contributed by atoms with Gasteiger partial charge < -0.3 is 16.0 Å². The topological polar surface area (TPSA) is 70.9 Å². The summed E-state index contributed by atoms with van der Waals surface area (Å²) in [5.74, 6) is -0.117. The zero-order chi connectivity index (χ0) is 11.5. The average Bonchev–Trinajstić information content (AvgIpc) is 2.72. The van der Waals surface area contributed by atoms with Gasteiger partial charge in [-0.15, -0.1) is 0 Å².